The standard InChI is InChI=1S/C6H4F3NO2/c7-6(8,9)4-3(11)1-2-10-5(4)12/h1-2H,(H2,10,11,12). The molecule has 1 heterocycles. The van der Waals surface area contributed by atoms with Gasteiger partial charge in [-0.05, 0) is 6.07 Å². The van der Waals surface area contributed by atoms with Crippen molar-refractivity contribution in [1.82, 2.24) is 4.98 Å². The molecule has 12 heavy (non-hydrogen) atoms. The molecule has 0 spiro atoms. The van der Waals surface area contributed by atoms with E-state index in [9.17, 15) is 18.0 Å². The molecule has 2 N–H and O–H groups in total. The normalized spacial score (nSPS) is 11.6. The van der Waals surface area contributed by atoms with Gasteiger partial charge < -0.3 is 10.1 Å². The Bertz CT molecular complexity index is 341. The monoisotopic (exact) mass is 179 g/mol. The van der Waals surface area contributed by atoms with Crippen molar-refractivity contribution in [2.45, 2.75) is 6.18 Å². The topological polar surface area (TPSA) is 53.1 Å². The van der Waals surface area contributed by atoms with E-state index in [1.807, 2.05) is 4.98 Å². The zero-order chi connectivity index (χ0) is 9.35. The molecule has 0 saturated heterocycles. The summed E-state index contributed by atoms with van der Waals surface area (Å²) < 4.78 is 35.8. The molecule has 0 aliphatic heterocycles. The van der Waals surface area contributed by atoms with Crippen LogP contribution in [-0.4, -0.2) is 10.1 Å². The van der Waals surface area contributed by atoms with Crippen molar-refractivity contribution in [1.29, 1.82) is 0 Å². The summed E-state index contributed by atoms with van der Waals surface area (Å²) >= 11 is 0. The summed E-state index contributed by atoms with van der Waals surface area (Å²) in [6.45, 7) is 0. The summed E-state index contributed by atoms with van der Waals surface area (Å²) in [5, 5.41) is 8.69. The van der Waals surface area contributed by atoms with Crippen LogP contribution >= 0.6 is 0 Å². The average Bonchev–Trinajstić information content (AvgIpc) is 1.82. The minimum Gasteiger partial charge on any atom is -0.507 e. The van der Waals surface area contributed by atoms with Crippen molar-refractivity contribution >= 4 is 0 Å². The molecule has 0 bridgehead atoms. The predicted molar refractivity (Wildman–Crippen MR) is 33.7 cm³/mol. The molecular formula is C6H4F3NO2. The number of aromatic hydroxyl groups is 1. The Balaban J connectivity index is 3.42. The predicted octanol–water partition coefficient (Wildman–Crippen LogP) is 1.10. The number of rotatable bonds is 0. The molecule has 1 rings (SSSR count). The Morgan fingerprint density at radius 3 is 2.33 bits per heavy atom. The molecule has 0 aliphatic carbocycles. The number of hydrogen-bond donors (Lipinski definition) is 2. The van der Waals surface area contributed by atoms with Crippen LogP contribution in [0.2, 0.25) is 0 Å². The molecule has 0 amide bonds. The van der Waals surface area contributed by atoms with E-state index >= 15 is 0 Å². The van der Waals surface area contributed by atoms with Gasteiger partial charge in [0.1, 0.15) is 5.75 Å². The summed E-state index contributed by atoms with van der Waals surface area (Å²) in [7, 11) is 0. The van der Waals surface area contributed by atoms with E-state index in [2.05, 4.69) is 0 Å². The second-order valence-electron chi connectivity index (χ2n) is 2.06. The second-order valence-corrected chi connectivity index (χ2v) is 2.06. The highest BCUT2D eigenvalue weighted by atomic mass is 19.4. The van der Waals surface area contributed by atoms with E-state index in [0.29, 0.717) is 0 Å². The Morgan fingerprint density at radius 1 is 1.42 bits per heavy atom. The van der Waals surface area contributed by atoms with Gasteiger partial charge in [-0.3, -0.25) is 4.79 Å². The molecule has 3 nitrogen and oxygen atoms in total. The first-order chi connectivity index (χ1) is 5.43. The van der Waals surface area contributed by atoms with Gasteiger partial charge in [-0.15, -0.1) is 0 Å². The number of halogens is 3. The average molecular weight is 179 g/mol. The Kier molecular flexibility index (Phi) is 1.83. The first kappa shape index (κ1) is 8.63. The van der Waals surface area contributed by atoms with Gasteiger partial charge in [0.25, 0.3) is 5.56 Å². The first-order valence-corrected chi connectivity index (χ1v) is 2.91. The maximum Gasteiger partial charge on any atom is 0.425 e. The van der Waals surface area contributed by atoms with Crippen LogP contribution in [0.3, 0.4) is 0 Å². The minimum absolute atomic E-state index is 0.768. The Hall–Kier alpha value is -1.46. The lowest BCUT2D eigenvalue weighted by atomic mass is 10.2. The highest BCUT2D eigenvalue weighted by Gasteiger charge is 2.36. The summed E-state index contributed by atoms with van der Waals surface area (Å²) in [5.41, 5.74) is -2.91. The molecule has 6 heteroatoms. The zero-order valence-electron chi connectivity index (χ0n) is 5.64. The van der Waals surface area contributed by atoms with Crippen LogP contribution in [0.1, 0.15) is 5.56 Å². The number of pyridine rings is 1. The molecule has 66 valence electrons. The van der Waals surface area contributed by atoms with Crippen molar-refractivity contribution in [2.75, 3.05) is 0 Å². The van der Waals surface area contributed by atoms with Gasteiger partial charge in [0.15, 0.2) is 5.56 Å². The SMILES string of the molecule is O=c1[nH]ccc(O)c1C(F)(F)F. The number of aromatic amines is 1. The van der Waals surface area contributed by atoms with Crippen molar-refractivity contribution < 1.29 is 18.3 Å². The number of nitrogens with one attached hydrogen (secondary N) is 1. The fraction of sp³-hybridized carbons (Fsp3) is 0.167. The van der Waals surface area contributed by atoms with Crippen LogP contribution in [0.25, 0.3) is 0 Å². The molecule has 0 unspecified atom stereocenters. The van der Waals surface area contributed by atoms with E-state index in [4.69, 9.17) is 5.11 Å². The van der Waals surface area contributed by atoms with Gasteiger partial charge in [0.05, 0.1) is 0 Å². The summed E-state index contributed by atoms with van der Waals surface area (Å²) in [5.74, 6) is -1.06. The molecule has 0 saturated carbocycles. The lowest BCUT2D eigenvalue weighted by Gasteiger charge is -2.05. The van der Waals surface area contributed by atoms with Gasteiger partial charge in [-0.2, -0.15) is 13.2 Å². The zero-order valence-corrected chi connectivity index (χ0v) is 5.64. The maximum atomic E-state index is 11.9. The highest BCUT2D eigenvalue weighted by molar-refractivity contribution is 5.30. The number of H-pyrrole nitrogens is 1. The molecular weight excluding hydrogens is 175 g/mol. The van der Waals surface area contributed by atoms with Gasteiger partial charge in [0.2, 0.25) is 0 Å². The van der Waals surface area contributed by atoms with E-state index in [-0.39, 0.29) is 0 Å². The molecule has 1 aromatic rings. The van der Waals surface area contributed by atoms with Gasteiger partial charge in [0, 0.05) is 6.20 Å². The third-order valence-corrected chi connectivity index (χ3v) is 1.22. The summed E-state index contributed by atoms with van der Waals surface area (Å²) in [6, 6.07) is 0.768. The molecule has 0 aliphatic rings. The maximum absolute atomic E-state index is 11.9. The second kappa shape index (κ2) is 2.54. The van der Waals surface area contributed by atoms with Gasteiger partial charge in [-0.25, -0.2) is 0 Å². The van der Waals surface area contributed by atoms with Crippen LogP contribution in [0, 0.1) is 0 Å². The van der Waals surface area contributed by atoms with Crippen LogP contribution in [0.4, 0.5) is 13.2 Å². The summed E-state index contributed by atoms with van der Waals surface area (Å²) in [6.07, 6.45) is -3.88. The fourth-order valence-corrected chi connectivity index (χ4v) is 0.742. The van der Waals surface area contributed by atoms with E-state index < -0.39 is 23.0 Å². The first-order valence-electron chi connectivity index (χ1n) is 2.91. The third kappa shape index (κ3) is 1.41. The number of aromatic nitrogens is 1. The quantitative estimate of drug-likeness (QED) is 0.626. The summed E-state index contributed by atoms with van der Waals surface area (Å²) in [4.78, 5) is 12.4. The molecule has 0 fully saturated rings. The van der Waals surface area contributed by atoms with Crippen molar-refractivity contribution in [3.05, 3.63) is 28.2 Å². The number of hydrogen-bond acceptors (Lipinski definition) is 2. The smallest absolute Gasteiger partial charge is 0.425 e. The van der Waals surface area contributed by atoms with Crippen LogP contribution in [-0.2, 0) is 6.18 Å². The fourth-order valence-electron chi connectivity index (χ4n) is 0.742. The molecule has 0 atom stereocenters. The highest BCUT2D eigenvalue weighted by Crippen LogP contribution is 2.31. The van der Waals surface area contributed by atoms with E-state index in [1.54, 1.807) is 0 Å². The van der Waals surface area contributed by atoms with Crippen LogP contribution in [0.15, 0.2) is 17.1 Å². The largest absolute Gasteiger partial charge is 0.507 e. The Morgan fingerprint density at radius 2 is 2.00 bits per heavy atom. The van der Waals surface area contributed by atoms with Gasteiger partial charge in [-0.1, -0.05) is 0 Å². The lowest BCUT2D eigenvalue weighted by molar-refractivity contribution is -0.139. The third-order valence-electron chi connectivity index (χ3n) is 1.22. The minimum atomic E-state index is -4.82. The lowest BCUT2D eigenvalue weighted by Crippen LogP contribution is -2.20. The van der Waals surface area contributed by atoms with Gasteiger partial charge >= 0.3 is 6.18 Å². The van der Waals surface area contributed by atoms with Crippen LogP contribution < -0.4 is 5.56 Å². The van der Waals surface area contributed by atoms with E-state index in [0.717, 1.165) is 12.3 Å². The van der Waals surface area contributed by atoms with Crippen LogP contribution in [0.5, 0.6) is 5.75 Å². The van der Waals surface area contributed by atoms with Crippen molar-refractivity contribution in [2.24, 2.45) is 0 Å². The van der Waals surface area contributed by atoms with Crippen molar-refractivity contribution in [3.8, 4) is 5.75 Å². The molecule has 1 aromatic heterocycles. The molecule has 0 radical (unpaired) electrons. The number of alkyl halides is 3. The van der Waals surface area contributed by atoms with E-state index in [1.165, 1.54) is 0 Å². The van der Waals surface area contributed by atoms with Crippen molar-refractivity contribution in [3.63, 3.8) is 0 Å². The Labute approximate surface area is 64.5 Å². The molecule has 0 aromatic carbocycles.